The van der Waals surface area contributed by atoms with Gasteiger partial charge in [-0.15, -0.1) is 0 Å². The molecule has 0 saturated carbocycles. The van der Waals surface area contributed by atoms with E-state index in [1.54, 1.807) is 42.5 Å². The lowest BCUT2D eigenvalue weighted by molar-refractivity contribution is -0.145. The quantitative estimate of drug-likeness (QED) is 0.202. The maximum atomic E-state index is 13.8. The Morgan fingerprint density at radius 3 is 2.74 bits per heavy atom. The van der Waals surface area contributed by atoms with Crippen molar-refractivity contribution in [3.8, 4) is 5.75 Å². The number of hydrogen-bond acceptors (Lipinski definition) is 11. The minimum atomic E-state index is -4.22. The molecule has 0 spiro atoms. The molecule has 0 bridgehead atoms. The number of aliphatic hydroxyl groups excluding tert-OH is 2. The second-order valence-electron chi connectivity index (χ2n) is 9.18. The van der Waals surface area contributed by atoms with Crippen LogP contribution in [-0.4, -0.2) is 67.8 Å². The third kappa shape index (κ3) is 5.83. The maximum Gasteiger partial charge on any atom is 0.459 e. The van der Waals surface area contributed by atoms with Gasteiger partial charge < -0.3 is 29.9 Å². The van der Waals surface area contributed by atoms with Crippen LogP contribution in [0, 0.1) is 0 Å². The topological polar surface area (TPSA) is 180 Å². The number of nitrogens with two attached hydrogens (primary N) is 1. The van der Waals surface area contributed by atoms with Crippen LogP contribution in [0.2, 0.25) is 0 Å². The number of aliphatic hydroxyl groups is 2. The number of nitrogens with one attached hydrogen (secondary N) is 1. The van der Waals surface area contributed by atoms with Gasteiger partial charge in [0, 0.05) is 0 Å². The van der Waals surface area contributed by atoms with Gasteiger partial charge in [0.25, 0.3) is 0 Å². The van der Waals surface area contributed by atoms with Gasteiger partial charge in [0.2, 0.25) is 0 Å². The summed E-state index contributed by atoms with van der Waals surface area (Å²) >= 11 is 0. The lowest BCUT2D eigenvalue weighted by atomic mass is 9.97. The summed E-state index contributed by atoms with van der Waals surface area (Å²) in [5.74, 6) is -0.167. The zero-order valence-corrected chi connectivity index (χ0v) is 22.2. The lowest BCUT2D eigenvalue weighted by Crippen LogP contribution is -2.45. The molecule has 1 aliphatic rings. The van der Waals surface area contributed by atoms with Gasteiger partial charge in [-0.25, -0.2) is 14.1 Å². The van der Waals surface area contributed by atoms with Gasteiger partial charge in [-0.2, -0.15) is 10.2 Å². The van der Waals surface area contributed by atoms with Gasteiger partial charge in [-0.05, 0) is 44.5 Å². The van der Waals surface area contributed by atoms with Gasteiger partial charge in [0.15, 0.2) is 5.82 Å². The molecule has 1 unspecified atom stereocenters. The number of para-hydroxylation sites is 1. The highest BCUT2D eigenvalue weighted by atomic mass is 31.2. The van der Waals surface area contributed by atoms with Crippen LogP contribution in [0.5, 0.6) is 5.75 Å². The van der Waals surface area contributed by atoms with Crippen LogP contribution in [0.3, 0.4) is 0 Å². The second kappa shape index (κ2) is 11.4. The van der Waals surface area contributed by atoms with E-state index in [4.69, 9.17) is 24.3 Å². The molecule has 1 saturated heterocycles. The number of aromatic nitrogens is 3. The minimum Gasteiger partial charge on any atom is -0.465 e. The smallest absolute Gasteiger partial charge is 0.459 e. The van der Waals surface area contributed by atoms with Crippen LogP contribution in [0.15, 0.2) is 48.8 Å². The van der Waals surface area contributed by atoms with Crippen LogP contribution < -0.4 is 15.3 Å². The molecule has 14 heteroatoms. The molecule has 0 amide bonds. The second-order valence-corrected chi connectivity index (χ2v) is 10.9. The van der Waals surface area contributed by atoms with Crippen LogP contribution in [-0.2, 0) is 23.4 Å². The summed E-state index contributed by atoms with van der Waals surface area (Å²) in [5.41, 5.74) is 5.32. The molecular weight excluding hydrogens is 517 g/mol. The maximum absolute atomic E-state index is 13.8. The number of nitrogen functional groups attached to an aromatic ring is 1. The van der Waals surface area contributed by atoms with Crippen molar-refractivity contribution in [1.29, 1.82) is 0 Å². The normalized spacial score (nSPS) is 25.7. The first-order valence-electron chi connectivity index (χ1n) is 12.1. The zero-order valence-electron chi connectivity index (χ0n) is 21.3. The summed E-state index contributed by atoms with van der Waals surface area (Å²) in [6.45, 7) is 4.57. The van der Waals surface area contributed by atoms with E-state index in [1.165, 1.54) is 24.7 Å². The number of carbonyl (C=O) groups is 1. The molecule has 1 aromatic carbocycles. The highest BCUT2D eigenvalue weighted by Gasteiger charge is 2.53. The molecule has 1 aliphatic heterocycles. The molecule has 13 nitrogen and oxygen atoms in total. The molecule has 0 aliphatic carbocycles. The molecular formula is C24H32N5O8P. The van der Waals surface area contributed by atoms with E-state index >= 15 is 0 Å². The number of rotatable bonds is 11. The number of nitrogens with zero attached hydrogens (tertiary/aromatic N) is 3. The Kier molecular flexibility index (Phi) is 8.36. The molecule has 0 radical (unpaired) electrons. The van der Waals surface area contributed by atoms with Crippen molar-refractivity contribution in [1.82, 2.24) is 19.7 Å². The van der Waals surface area contributed by atoms with E-state index in [0.717, 1.165) is 0 Å². The fraction of sp³-hybridized carbons (Fsp3) is 0.458. The van der Waals surface area contributed by atoms with Crippen LogP contribution in [0.4, 0.5) is 5.82 Å². The largest absolute Gasteiger partial charge is 0.465 e. The van der Waals surface area contributed by atoms with E-state index in [9.17, 15) is 19.6 Å². The number of carbonyl (C=O) groups excluding carboxylic acids is 1. The van der Waals surface area contributed by atoms with E-state index in [1.807, 2.05) is 6.92 Å². The molecule has 4 rings (SSSR count). The predicted molar refractivity (Wildman–Crippen MR) is 136 cm³/mol. The molecule has 38 heavy (non-hydrogen) atoms. The van der Waals surface area contributed by atoms with Crippen molar-refractivity contribution in [2.24, 2.45) is 0 Å². The van der Waals surface area contributed by atoms with E-state index in [-0.39, 0.29) is 18.2 Å². The lowest BCUT2D eigenvalue weighted by Gasteiger charge is -2.30. The monoisotopic (exact) mass is 549 g/mol. The minimum absolute atomic E-state index is 0.206. The summed E-state index contributed by atoms with van der Waals surface area (Å²) in [5, 5.41) is 28.5. The summed E-state index contributed by atoms with van der Waals surface area (Å²) in [7, 11) is -4.22. The number of ether oxygens (including phenoxy) is 2. The summed E-state index contributed by atoms with van der Waals surface area (Å²) in [6, 6.07) is 10.6. The van der Waals surface area contributed by atoms with Gasteiger partial charge in [-0.1, -0.05) is 25.1 Å². The average molecular weight is 550 g/mol. The third-order valence-electron chi connectivity index (χ3n) is 6.10. The van der Waals surface area contributed by atoms with E-state index < -0.39 is 50.3 Å². The Morgan fingerprint density at radius 1 is 1.29 bits per heavy atom. The predicted octanol–water partition coefficient (Wildman–Crippen LogP) is 2.00. The fourth-order valence-electron chi connectivity index (χ4n) is 4.04. The Morgan fingerprint density at radius 2 is 2.03 bits per heavy atom. The van der Waals surface area contributed by atoms with Crippen molar-refractivity contribution in [2.45, 2.75) is 57.1 Å². The van der Waals surface area contributed by atoms with Crippen molar-refractivity contribution < 1.29 is 38.1 Å². The Labute approximate surface area is 219 Å². The first kappa shape index (κ1) is 28.0. The SMILES string of the molecule is CCCOC(=O)[C@H](C)NP(=O)(OC[C@@]1(C)O[C@@H](c2ccc3c(N)ncnn23)[C@H](O)[C@@H]1O)Oc1ccccc1. The third-order valence-corrected chi connectivity index (χ3v) is 7.73. The van der Waals surface area contributed by atoms with Crippen molar-refractivity contribution in [2.75, 3.05) is 18.9 Å². The van der Waals surface area contributed by atoms with Crippen LogP contribution in [0.1, 0.15) is 39.0 Å². The highest BCUT2D eigenvalue weighted by molar-refractivity contribution is 7.52. The molecule has 2 aromatic heterocycles. The van der Waals surface area contributed by atoms with Crippen LogP contribution >= 0.6 is 7.75 Å². The number of esters is 1. The van der Waals surface area contributed by atoms with E-state index in [2.05, 4.69) is 15.2 Å². The number of anilines is 1. The average Bonchev–Trinajstić information content (AvgIpc) is 3.42. The van der Waals surface area contributed by atoms with Gasteiger partial charge in [0.1, 0.15) is 47.5 Å². The summed E-state index contributed by atoms with van der Waals surface area (Å²) < 4.78 is 37.8. The molecule has 3 aromatic rings. The van der Waals surface area contributed by atoms with E-state index in [0.29, 0.717) is 17.6 Å². The van der Waals surface area contributed by atoms with Gasteiger partial charge in [0.05, 0.1) is 18.9 Å². The molecule has 206 valence electrons. The number of fused-ring (bicyclic) bond motifs is 1. The fourth-order valence-corrected chi connectivity index (χ4v) is 5.63. The Hall–Kier alpha value is -3.06. The summed E-state index contributed by atoms with van der Waals surface area (Å²) in [6.07, 6.45) is -1.93. The standard InChI is InChI=1S/C24H32N5O8P/c1-4-12-34-23(32)15(2)28-38(33,37-16-8-6-5-7-9-16)35-13-24(3)21(31)19(30)20(36-24)17-10-11-18-22(25)26-14-27-29(17)18/h5-11,14-15,19-21,30-31H,4,12-13H2,1-3H3,(H,28,33)(H2,25,26,27)/t15-,19-,20-,21-,24+,38?/m0/s1. The zero-order chi connectivity index (χ0) is 27.5. The molecule has 3 heterocycles. The number of benzene rings is 1. The molecule has 1 fully saturated rings. The highest BCUT2D eigenvalue weighted by Crippen LogP contribution is 2.48. The van der Waals surface area contributed by atoms with Crippen molar-refractivity contribution >= 4 is 25.1 Å². The first-order chi connectivity index (χ1) is 18.1. The van der Waals surface area contributed by atoms with Gasteiger partial charge in [-0.3, -0.25) is 9.32 Å². The van der Waals surface area contributed by atoms with Crippen molar-refractivity contribution in [3.63, 3.8) is 0 Å². The Balaban J connectivity index is 1.54. The first-order valence-corrected chi connectivity index (χ1v) is 13.7. The van der Waals surface area contributed by atoms with Gasteiger partial charge >= 0.3 is 13.7 Å². The summed E-state index contributed by atoms with van der Waals surface area (Å²) in [4.78, 5) is 16.3. The van der Waals surface area contributed by atoms with Crippen LogP contribution in [0.25, 0.3) is 5.52 Å². The molecule has 5 N–H and O–H groups in total. The molecule has 6 atom stereocenters. The van der Waals surface area contributed by atoms with Crippen molar-refractivity contribution in [3.05, 3.63) is 54.5 Å². The Bertz CT molecular complexity index is 1310. The number of hydrogen-bond donors (Lipinski definition) is 4.